The summed E-state index contributed by atoms with van der Waals surface area (Å²) in [6, 6.07) is 19.7. The van der Waals surface area contributed by atoms with Gasteiger partial charge in [-0.3, -0.25) is 4.99 Å². The molecule has 0 aliphatic carbocycles. The van der Waals surface area contributed by atoms with Crippen LogP contribution in [0.4, 0.5) is 0 Å². The van der Waals surface area contributed by atoms with Crippen LogP contribution in [-0.2, 0) is 0 Å². The number of nitrogens with zero attached hydrogens (tertiary/aromatic N) is 2. The molecule has 0 bridgehead atoms. The molecule has 0 radical (unpaired) electrons. The zero-order valence-electron chi connectivity index (χ0n) is 11.5. The molecule has 2 aromatic carbocycles. The van der Waals surface area contributed by atoms with Crippen LogP contribution in [0.1, 0.15) is 18.1 Å². The third kappa shape index (κ3) is 3.20. The molecule has 0 saturated heterocycles. The van der Waals surface area contributed by atoms with Gasteiger partial charge in [0.15, 0.2) is 0 Å². The first-order valence-electron chi connectivity index (χ1n) is 6.35. The van der Waals surface area contributed by atoms with E-state index < -0.39 is 0 Å². The molecule has 0 unspecified atom stereocenters. The van der Waals surface area contributed by atoms with Gasteiger partial charge < -0.3 is 5.73 Å². The van der Waals surface area contributed by atoms with E-state index in [1.807, 2.05) is 60.7 Å². The van der Waals surface area contributed by atoms with Crippen molar-refractivity contribution in [2.24, 2.45) is 15.7 Å². The highest BCUT2D eigenvalue weighted by molar-refractivity contribution is 5.96. The average Bonchev–Trinajstić information content (AvgIpc) is 2.49. The summed E-state index contributed by atoms with van der Waals surface area (Å²) in [5.74, 6) is 0.487. The van der Waals surface area contributed by atoms with Crippen molar-refractivity contribution in [1.29, 1.82) is 0 Å². The van der Waals surface area contributed by atoms with Gasteiger partial charge in [0.25, 0.3) is 0 Å². The van der Waals surface area contributed by atoms with Gasteiger partial charge in [0.05, 0.1) is 17.2 Å². The molecule has 0 spiro atoms. The lowest BCUT2D eigenvalue weighted by Gasteiger charge is -2.09. The zero-order chi connectivity index (χ0) is 14.4. The van der Waals surface area contributed by atoms with Gasteiger partial charge in [-0.15, -0.1) is 0 Å². The number of nitrogens with two attached hydrogens (primary N) is 1. The van der Waals surface area contributed by atoms with Crippen LogP contribution >= 0.6 is 0 Å². The average molecular weight is 263 g/mol. The molecule has 0 heterocycles. The Kier molecular flexibility index (Phi) is 4.45. The van der Waals surface area contributed by atoms with Crippen LogP contribution in [0.3, 0.4) is 0 Å². The van der Waals surface area contributed by atoms with Crippen LogP contribution < -0.4 is 5.73 Å². The lowest BCUT2D eigenvalue weighted by Crippen LogP contribution is -2.05. The van der Waals surface area contributed by atoms with Crippen molar-refractivity contribution in [3.63, 3.8) is 0 Å². The van der Waals surface area contributed by atoms with Crippen LogP contribution in [0.15, 0.2) is 70.6 Å². The molecule has 3 heteroatoms. The number of aliphatic imine (C=N–C) groups is 2. The molecule has 0 aliphatic heterocycles. The van der Waals surface area contributed by atoms with Crippen molar-refractivity contribution in [3.05, 3.63) is 71.8 Å². The van der Waals surface area contributed by atoms with Crippen LogP contribution in [0.2, 0.25) is 0 Å². The summed E-state index contributed by atoms with van der Waals surface area (Å²) in [4.78, 5) is 8.59. The lowest BCUT2D eigenvalue weighted by atomic mass is 10.1. The highest BCUT2D eigenvalue weighted by atomic mass is 14.9. The van der Waals surface area contributed by atoms with Crippen molar-refractivity contribution >= 4 is 23.9 Å². The number of hydrogen-bond donors (Lipinski definition) is 1. The maximum atomic E-state index is 5.75. The summed E-state index contributed by atoms with van der Waals surface area (Å²) in [5.41, 5.74) is 9.13. The first-order valence-corrected chi connectivity index (χ1v) is 6.35. The molecule has 0 saturated carbocycles. The minimum absolute atomic E-state index is 0.487. The molecule has 2 aromatic rings. The molecule has 3 nitrogen and oxygen atoms in total. The zero-order valence-corrected chi connectivity index (χ0v) is 11.5. The Morgan fingerprint density at radius 1 is 0.850 bits per heavy atom. The Bertz CT molecular complexity index is 636. The second kappa shape index (κ2) is 6.48. The van der Waals surface area contributed by atoms with Gasteiger partial charge in [0.1, 0.15) is 0 Å². The van der Waals surface area contributed by atoms with Gasteiger partial charge in [-0.05, 0) is 13.6 Å². The van der Waals surface area contributed by atoms with Crippen molar-refractivity contribution in [2.75, 3.05) is 0 Å². The van der Waals surface area contributed by atoms with Gasteiger partial charge in [0, 0.05) is 11.1 Å². The normalized spacial score (nSPS) is 12.8. The van der Waals surface area contributed by atoms with E-state index in [4.69, 9.17) is 5.73 Å². The quantitative estimate of drug-likeness (QED) is 0.511. The number of benzene rings is 2. The Balaban J connectivity index is 2.68. The molecule has 0 atom stereocenters. The summed E-state index contributed by atoms with van der Waals surface area (Å²) in [7, 11) is 0. The van der Waals surface area contributed by atoms with Crippen molar-refractivity contribution in [2.45, 2.75) is 6.92 Å². The first kappa shape index (κ1) is 13.7. The third-order valence-corrected chi connectivity index (χ3v) is 2.77. The van der Waals surface area contributed by atoms with Gasteiger partial charge in [-0.25, -0.2) is 4.99 Å². The Hall–Kier alpha value is -2.68. The molecular weight excluding hydrogens is 246 g/mol. The second-order valence-electron chi connectivity index (χ2n) is 4.34. The molecule has 100 valence electrons. The standard InChI is InChI=1S/C17H17N3/c1-13(18)20-17(15-11-7-4-8-12-15)16(19-2)14-9-5-3-6-10-14/h3-12H,2H2,1H3,(H2,18,20)/b17-16-. The largest absolute Gasteiger partial charge is 0.387 e. The molecule has 2 N–H and O–H groups in total. The van der Waals surface area contributed by atoms with Gasteiger partial charge in [0.2, 0.25) is 0 Å². The molecule has 0 amide bonds. The van der Waals surface area contributed by atoms with E-state index in [0.29, 0.717) is 5.84 Å². The summed E-state index contributed by atoms with van der Waals surface area (Å²) in [6.07, 6.45) is 0. The molecule has 0 aromatic heterocycles. The Labute approximate surface area is 119 Å². The van der Waals surface area contributed by atoms with Crippen LogP contribution in [0.5, 0.6) is 0 Å². The Morgan fingerprint density at radius 3 is 1.70 bits per heavy atom. The maximum Gasteiger partial charge on any atom is 0.0985 e. The summed E-state index contributed by atoms with van der Waals surface area (Å²) >= 11 is 0. The van der Waals surface area contributed by atoms with E-state index in [9.17, 15) is 0 Å². The fourth-order valence-corrected chi connectivity index (χ4v) is 1.93. The van der Waals surface area contributed by atoms with Crippen LogP contribution in [0, 0.1) is 0 Å². The van der Waals surface area contributed by atoms with Crippen LogP contribution in [-0.4, -0.2) is 12.6 Å². The minimum Gasteiger partial charge on any atom is -0.387 e. The van der Waals surface area contributed by atoms with E-state index in [1.165, 1.54) is 0 Å². The molecular formula is C17H17N3. The van der Waals surface area contributed by atoms with Gasteiger partial charge >= 0.3 is 0 Å². The molecule has 2 rings (SSSR count). The van der Waals surface area contributed by atoms with Crippen LogP contribution in [0.25, 0.3) is 11.4 Å². The van der Waals surface area contributed by atoms with Crippen molar-refractivity contribution < 1.29 is 0 Å². The number of rotatable bonds is 4. The topological polar surface area (TPSA) is 50.7 Å². The fraction of sp³-hybridized carbons (Fsp3) is 0.0588. The third-order valence-electron chi connectivity index (χ3n) is 2.77. The van der Waals surface area contributed by atoms with Gasteiger partial charge in [-0.2, -0.15) is 0 Å². The number of amidine groups is 1. The lowest BCUT2D eigenvalue weighted by molar-refractivity contribution is 1.41. The van der Waals surface area contributed by atoms with E-state index in [-0.39, 0.29) is 0 Å². The predicted molar refractivity (Wildman–Crippen MR) is 86.5 cm³/mol. The minimum atomic E-state index is 0.487. The number of hydrogen-bond acceptors (Lipinski definition) is 2. The second-order valence-corrected chi connectivity index (χ2v) is 4.34. The monoisotopic (exact) mass is 263 g/mol. The molecule has 0 aliphatic rings. The first-order chi connectivity index (χ1) is 9.72. The maximum absolute atomic E-state index is 5.75. The predicted octanol–water partition coefficient (Wildman–Crippen LogP) is 3.59. The van der Waals surface area contributed by atoms with E-state index >= 15 is 0 Å². The highest BCUT2D eigenvalue weighted by Gasteiger charge is 2.09. The molecule has 0 fully saturated rings. The fourth-order valence-electron chi connectivity index (χ4n) is 1.93. The molecule has 20 heavy (non-hydrogen) atoms. The summed E-state index contributed by atoms with van der Waals surface area (Å²) in [6.45, 7) is 5.43. The Morgan fingerprint density at radius 2 is 1.30 bits per heavy atom. The summed E-state index contributed by atoms with van der Waals surface area (Å²) in [5, 5.41) is 0. The SMILES string of the molecule is C=N/C(=C(\N=C(C)N)c1ccccc1)c1ccccc1. The van der Waals surface area contributed by atoms with Crippen molar-refractivity contribution in [1.82, 2.24) is 0 Å². The highest BCUT2D eigenvalue weighted by Crippen LogP contribution is 2.28. The van der Waals surface area contributed by atoms with E-state index in [1.54, 1.807) is 6.92 Å². The van der Waals surface area contributed by atoms with E-state index in [2.05, 4.69) is 16.7 Å². The van der Waals surface area contributed by atoms with Crippen molar-refractivity contribution in [3.8, 4) is 0 Å². The van der Waals surface area contributed by atoms with Gasteiger partial charge in [-0.1, -0.05) is 60.7 Å². The smallest absolute Gasteiger partial charge is 0.0985 e. The summed E-state index contributed by atoms with van der Waals surface area (Å²) < 4.78 is 0. The van der Waals surface area contributed by atoms with E-state index in [0.717, 1.165) is 22.5 Å².